The Morgan fingerprint density at radius 2 is 1.91 bits per heavy atom. The molecule has 1 spiro atoms. The summed E-state index contributed by atoms with van der Waals surface area (Å²) < 4.78 is 15.1. The molecule has 33 heavy (non-hydrogen) atoms. The van der Waals surface area contributed by atoms with Crippen LogP contribution in [0.2, 0.25) is 5.02 Å². The number of halogens is 2. The summed E-state index contributed by atoms with van der Waals surface area (Å²) in [7, 11) is 0. The Morgan fingerprint density at radius 1 is 1.18 bits per heavy atom. The molecule has 3 N–H and O–H groups in total. The van der Waals surface area contributed by atoms with Crippen molar-refractivity contribution in [2.45, 2.75) is 57.0 Å². The van der Waals surface area contributed by atoms with Gasteiger partial charge in [-0.1, -0.05) is 11.6 Å². The quantitative estimate of drug-likeness (QED) is 0.694. The fourth-order valence-electron chi connectivity index (χ4n) is 5.18. The second-order valence-corrected chi connectivity index (χ2v) is 9.68. The van der Waals surface area contributed by atoms with Gasteiger partial charge in [0.05, 0.1) is 22.5 Å². The molecule has 2 aromatic rings. The highest BCUT2D eigenvalue weighted by atomic mass is 35.5. The molecule has 0 radical (unpaired) electrons. The van der Waals surface area contributed by atoms with Crippen molar-refractivity contribution in [2.75, 3.05) is 11.4 Å². The van der Waals surface area contributed by atoms with E-state index in [1.165, 1.54) is 18.5 Å². The van der Waals surface area contributed by atoms with Crippen molar-refractivity contribution < 1.29 is 18.8 Å². The summed E-state index contributed by atoms with van der Waals surface area (Å²) in [5, 5.41) is 3.07. The number of imidazole rings is 1. The number of hydrogen-bond acceptors (Lipinski definition) is 4. The van der Waals surface area contributed by atoms with Gasteiger partial charge in [0.25, 0.3) is 11.8 Å². The van der Waals surface area contributed by atoms with Gasteiger partial charge in [-0.15, -0.1) is 0 Å². The number of aromatic nitrogens is 2. The van der Waals surface area contributed by atoms with Crippen LogP contribution in [0.5, 0.6) is 0 Å². The van der Waals surface area contributed by atoms with E-state index in [4.69, 9.17) is 17.3 Å². The van der Waals surface area contributed by atoms with Gasteiger partial charge < -0.3 is 20.5 Å². The average molecular weight is 474 g/mol. The molecular weight excluding hydrogens is 449 g/mol. The van der Waals surface area contributed by atoms with Crippen LogP contribution >= 0.6 is 11.6 Å². The maximum absolute atomic E-state index is 13.4. The molecule has 0 atom stereocenters. The Labute approximate surface area is 195 Å². The monoisotopic (exact) mass is 473 g/mol. The van der Waals surface area contributed by atoms with Crippen LogP contribution in [0.4, 0.5) is 10.1 Å². The number of anilines is 1. The van der Waals surface area contributed by atoms with Gasteiger partial charge in [0.2, 0.25) is 5.91 Å². The Kier molecular flexibility index (Phi) is 5.39. The van der Waals surface area contributed by atoms with E-state index in [2.05, 4.69) is 10.3 Å². The van der Waals surface area contributed by atoms with Gasteiger partial charge in [-0.2, -0.15) is 0 Å². The topological polar surface area (TPSA) is 110 Å². The van der Waals surface area contributed by atoms with Crippen molar-refractivity contribution in [3.8, 4) is 0 Å². The third kappa shape index (κ3) is 3.88. The highest BCUT2D eigenvalue weighted by molar-refractivity contribution is 6.34. The van der Waals surface area contributed by atoms with Crippen molar-refractivity contribution in [3.63, 3.8) is 0 Å². The molecule has 3 amide bonds. The molecule has 10 heteroatoms. The van der Waals surface area contributed by atoms with Crippen LogP contribution in [0.1, 0.15) is 72.0 Å². The summed E-state index contributed by atoms with van der Waals surface area (Å²) in [4.78, 5) is 43.9. The van der Waals surface area contributed by atoms with Crippen LogP contribution in [0.15, 0.2) is 24.5 Å². The molecule has 3 fully saturated rings. The molecule has 2 saturated carbocycles. The lowest BCUT2D eigenvalue weighted by molar-refractivity contribution is -0.127. The molecule has 1 saturated heterocycles. The maximum atomic E-state index is 13.4. The molecule has 2 heterocycles. The minimum atomic E-state index is -0.692. The van der Waals surface area contributed by atoms with E-state index >= 15 is 0 Å². The lowest BCUT2D eigenvalue weighted by Gasteiger charge is -2.36. The second-order valence-electron chi connectivity index (χ2n) is 9.28. The number of hydrogen-bond donors (Lipinski definition) is 2. The zero-order valence-corrected chi connectivity index (χ0v) is 18.8. The Balaban J connectivity index is 1.32. The van der Waals surface area contributed by atoms with Gasteiger partial charge in [0.15, 0.2) is 5.69 Å². The SMILES string of the molecule is NC(=O)c1c(C(=O)NC2CC2)ncn1C1CCC2(CC1)CCN(c1ccc(F)cc1Cl)C2=O. The first-order valence-electron chi connectivity index (χ1n) is 11.2. The Morgan fingerprint density at radius 3 is 2.55 bits per heavy atom. The lowest BCUT2D eigenvalue weighted by Crippen LogP contribution is -2.38. The molecular formula is C23H25ClFN5O3. The number of carbonyl (C=O) groups excluding carboxylic acids is 3. The standard InChI is InChI=1S/C23H25ClFN5O3/c24-16-11-13(25)1-4-17(16)29-10-9-23(22(29)33)7-5-15(6-8-23)30-12-27-18(19(30)20(26)31)21(32)28-14-2-3-14/h1,4,11-12,14-15H,2-3,5-10H2,(H2,26,31)(H,28,32). The van der Waals surface area contributed by atoms with Crippen LogP contribution in [-0.4, -0.2) is 39.9 Å². The van der Waals surface area contributed by atoms with Crippen molar-refractivity contribution in [3.05, 3.63) is 46.8 Å². The smallest absolute Gasteiger partial charge is 0.272 e. The molecule has 2 aliphatic carbocycles. The number of primary amides is 1. The lowest BCUT2D eigenvalue weighted by atomic mass is 9.71. The van der Waals surface area contributed by atoms with E-state index in [1.807, 2.05) is 0 Å². The molecule has 1 aromatic heterocycles. The summed E-state index contributed by atoms with van der Waals surface area (Å²) in [6.45, 7) is 0.526. The molecule has 0 unspecified atom stereocenters. The van der Waals surface area contributed by atoms with Crippen LogP contribution in [-0.2, 0) is 4.79 Å². The zero-order valence-electron chi connectivity index (χ0n) is 18.0. The fraction of sp³-hybridized carbons (Fsp3) is 0.478. The summed E-state index contributed by atoms with van der Waals surface area (Å²) in [5.74, 6) is -1.51. The van der Waals surface area contributed by atoms with Gasteiger partial charge in [0.1, 0.15) is 11.5 Å². The van der Waals surface area contributed by atoms with Crippen molar-refractivity contribution >= 4 is 35.0 Å². The normalized spacial score (nSPS) is 25.0. The second kappa shape index (κ2) is 8.13. The Hall–Kier alpha value is -2.94. The summed E-state index contributed by atoms with van der Waals surface area (Å²) in [5.41, 5.74) is 5.81. The predicted octanol–water partition coefficient (Wildman–Crippen LogP) is 3.21. The average Bonchev–Trinajstić information content (AvgIpc) is 3.39. The number of nitrogens with one attached hydrogen (secondary N) is 1. The molecule has 0 bridgehead atoms. The zero-order chi connectivity index (χ0) is 23.3. The number of amides is 3. The van der Waals surface area contributed by atoms with Crippen molar-refractivity contribution in [1.29, 1.82) is 0 Å². The third-order valence-electron chi connectivity index (χ3n) is 7.17. The van der Waals surface area contributed by atoms with E-state index in [0.29, 0.717) is 44.3 Å². The number of benzene rings is 1. The van der Waals surface area contributed by atoms with Gasteiger partial charge in [-0.3, -0.25) is 14.4 Å². The van der Waals surface area contributed by atoms with Crippen LogP contribution in [0, 0.1) is 11.2 Å². The van der Waals surface area contributed by atoms with E-state index in [-0.39, 0.29) is 40.3 Å². The van der Waals surface area contributed by atoms with Crippen LogP contribution in [0.25, 0.3) is 0 Å². The molecule has 3 aliphatic rings. The van der Waals surface area contributed by atoms with Gasteiger partial charge in [0, 0.05) is 18.6 Å². The first-order chi connectivity index (χ1) is 15.8. The van der Waals surface area contributed by atoms with E-state index < -0.39 is 17.1 Å². The highest BCUT2D eigenvalue weighted by Gasteiger charge is 2.49. The number of nitrogens with zero attached hydrogens (tertiary/aromatic N) is 3. The van der Waals surface area contributed by atoms with Crippen molar-refractivity contribution in [1.82, 2.24) is 14.9 Å². The van der Waals surface area contributed by atoms with E-state index in [1.54, 1.807) is 15.5 Å². The molecule has 174 valence electrons. The molecule has 1 aliphatic heterocycles. The van der Waals surface area contributed by atoms with Gasteiger partial charge >= 0.3 is 0 Å². The van der Waals surface area contributed by atoms with E-state index in [9.17, 15) is 18.8 Å². The summed E-state index contributed by atoms with van der Waals surface area (Å²) in [6.07, 6.45) is 6.61. The van der Waals surface area contributed by atoms with Gasteiger partial charge in [-0.25, -0.2) is 9.37 Å². The minimum absolute atomic E-state index is 0.000265. The van der Waals surface area contributed by atoms with Gasteiger partial charge in [-0.05, 0) is 63.1 Å². The van der Waals surface area contributed by atoms with E-state index in [0.717, 1.165) is 12.8 Å². The maximum Gasteiger partial charge on any atom is 0.272 e. The van der Waals surface area contributed by atoms with Crippen LogP contribution in [0.3, 0.4) is 0 Å². The van der Waals surface area contributed by atoms with Crippen LogP contribution < -0.4 is 16.0 Å². The number of nitrogens with two attached hydrogens (primary N) is 1. The fourth-order valence-corrected chi connectivity index (χ4v) is 5.45. The first kappa shape index (κ1) is 21.9. The molecule has 8 nitrogen and oxygen atoms in total. The molecule has 5 rings (SSSR count). The third-order valence-corrected chi connectivity index (χ3v) is 7.48. The number of carbonyl (C=O) groups is 3. The number of rotatable bonds is 5. The predicted molar refractivity (Wildman–Crippen MR) is 120 cm³/mol. The summed E-state index contributed by atoms with van der Waals surface area (Å²) in [6, 6.07) is 4.12. The summed E-state index contributed by atoms with van der Waals surface area (Å²) >= 11 is 6.20. The largest absolute Gasteiger partial charge is 0.364 e. The minimum Gasteiger partial charge on any atom is -0.364 e. The molecule has 1 aromatic carbocycles. The Bertz CT molecular complexity index is 1140. The van der Waals surface area contributed by atoms with Crippen molar-refractivity contribution in [2.24, 2.45) is 11.1 Å². The highest BCUT2D eigenvalue weighted by Crippen LogP contribution is 2.49. The first-order valence-corrected chi connectivity index (χ1v) is 11.6.